The standard InChI is InChI=1S/C15H34OSi2.2ClH/c1-12(2)17(13(3)4)11-9-10-16-18(17,14(5)6)15(7)8;;/h12-15H,9-11H2,1-8H3;2*1H. The van der Waals surface area contributed by atoms with Gasteiger partial charge in [0.1, 0.15) is 0 Å². The average Bonchev–Trinajstić information content (AvgIpc) is 2.27. The van der Waals surface area contributed by atoms with Crippen molar-refractivity contribution >= 4 is 40.2 Å². The minimum atomic E-state index is -1.60. The molecule has 1 rings (SSSR count). The molecule has 0 aromatic heterocycles. The van der Waals surface area contributed by atoms with E-state index >= 15 is 0 Å². The second-order valence-corrected chi connectivity index (χ2v) is 21.6. The van der Waals surface area contributed by atoms with Gasteiger partial charge in [0.05, 0.1) is 7.59 Å². The molecule has 1 aliphatic rings. The van der Waals surface area contributed by atoms with Gasteiger partial charge in [0.25, 0.3) is 0 Å². The lowest BCUT2D eigenvalue weighted by molar-refractivity contribution is 0.284. The van der Waals surface area contributed by atoms with E-state index in [9.17, 15) is 0 Å². The Morgan fingerprint density at radius 3 is 1.35 bits per heavy atom. The largest absolute Gasteiger partial charge is 0.419 e. The maximum atomic E-state index is 6.73. The third kappa shape index (κ3) is 3.32. The molecule has 0 spiro atoms. The number of hydrogen-bond donors (Lipinski definition) is 0. The smallest absolute Gasteiger partial charge is 0.185 e. The van der Waals surface area contributed by atoms with Gasteiger partial charge in [-0.05, 0) is 17.5 Å². The molecule has 1 nitrogen and oxygen atoms in total. The normalized spacial score (nSPS) is 21.0. The Morgan fingerprint density at radius 1 is 0.700 bits per heavy atom. The molecule has 1 aliphatic heterocycles. The topological polar surface area (TPSA) is 9.23 Å². The predicted octanol–water partition coefficient (Wildman–Crippen LogP) is 6.36. The van der Waals surface area contributed by atoms with Gasteiger partial charge in [-0.2, -0.15) is 0 Å². The number of halogens is 2. The van der Waals surface area contributed by atoms with E-state index in [0.29, 0.717) is 0 Å². The fourth-order valence-electron chi connectivity index (χ4n) is 5.16. The van der Waals surface area contributed by atoms with Crippen LogP contribution in [0.25, 0.3) is 0 Å². The van der Waals surface area contributed by atoms with Gasteiger partial charge < -0.3 is 4.43 Å². The first-order chi connectivity index (χ1) is 8.23. The molecule has 1 heterocycles. The minimum Gasteiger partial charge on any atom is -0.419 e. The molecule has 0 radical (unpaired) electrons. The van der Waals surface area contributed by atoms with Crippen LogP contribution in [0.5, 0.6) is 0 Å². The van der Waals surface area contributed by atoms with E-state index in [2.05, 4.69) is 55.4 Å². The monoisotopic (exact) mass is 358 g/mol. The maximum Gasteiger partial charge on any atom is 0.185 e. The summed E-state index contributed by atoms with van der Waals surface area (Å²) in [7, 11) is -2.93. The molecule has 0 unspecified atom stereocenters. The van der Waals surface area contributed by atoms with Crippen LogP contribution in [-0.4, -0.2) is 22.0 Å². The molecular formula is C15H36Cl2OSi2. The lowest BCUT2D eigenvalue weighted by Crippen LogP contribution is -2.73. The Bertz CT molecular complexity index is 237. The molecular weight excluding hydrogens is 323 g/mol. The predicted molar refractivity (Wildman–Crippen MR) is 102 cm³/mol. The molecule has 1 saturated heterocycles. The van der Waals surface area contributed by atoms with Crippen LogP contribution >= 0.6 is 24.8 Å². The van der Waals surface area contributed by atoms with Crippen LogP contribution in [-0.2, 0) is 4.43 Å². The van der Waals surface area contributed by atoms with Crippen LogP contribution in [0, 0.1) is 0 Å². The summed E-state index contributed by atoms with van der Waals surface area (Å²) in [5, 5.41) is 0. The van der Waals surface area contributed by atoms with Crippen molar-refractivity contribution in [1.82, 2.24) is 0 Å². The third-order valence-electron chi connectivity index (χ3n) is 5.58. The van der Waals surface area contributed by atoms with Crippen LogP contribution in [0.3, 0.4) is 0 Å². The van der Waals surface area contributed by atoms with E-state index in [1.54, 1.807) is 0 Å². The molecule has 0 bridgehead atoms. The van der Waals surface area contributed by atoms with Crippen molar-refractivity contribution in [1.29, 1.82) is 0 Å². The molecule has 0 aromatic carbocycles. The van der Waals surface area contributed by atoms with Crippen molar-refractivity contribution in [3.8, 4) is 0 Å². The summed E-state index contributed by atoms with van der Waals surface area (Å²) >= 11 is 0. The van der Waals surface area contributed by atoms with Gasteiger partial charge in [-0.1, -0.05) is 72.5 Å². The molecule has 0 aromatic rings. The van der Waals surface area contributed by atoms with E-state index in [4.69, 9.17) is 4.43 Å². The summed E-state index contributed by atoms with van der Waals surface area (Å²) in [5.74, 6) is 0. The Morgan fingerprint density at radius 2 is 1.10 bits per heavy atom. The number of hydrogen-bond acceptors (Lipinski definition) is 1. The quantitative estimate of drug-likeness (QED) is 0.530. The van der Waals surface area contributed by atoms with Crippen molar-refractivity contribution in [3.63, 3.8) is 0 Å². The maximum absolute atomic E-state index is 6.73. The van der Waals surface area contributed by atoms with E-state index in [1.807, 2.05) is 0 Å². The van der Waals surface area contributed by atoms with E-state index < -0.39 is 15.4 Å². The van der Waals surface area contributed by atoms with Gasteiger partial charge in [0, 0.05) is 6.61 Å². The lowest BCUT2D eigenvalue weighted by Gasteiger charge is -2.59. The highest BCUT2D eigenvalue weighted by molar-refractivity contribution is 7.42. The first-order valence-electron chi connectivity index (χ1n) is 7.87. The molecule has 0 aliphatic carbocycles. The molecule has 0 saturated carbocycles. The summed E-state index contributed by atoms with van der Waals surface area (Å²) < 4.78 is 6.73. The van der Waals surface area contributed by atoms with Crippen molar-refractivity contribution in [2.24, 2.45) is 0 Å². The molecule has 124 valence electrons. The highest BCUT2D eigenvalue weighted by Crippen LogP contribution is 2.54. The first-order valence-corrected chi connectivity index (χ1v) is 13.3. The second kappa shape index (κ2) is 8.57. The van der Waals surface area contributed by atoms with Crippen molar-refractivity contribution in [2.75, 3.05) is 6.61 Å². The summed E-state index contributed by atoms with van der Waals surface area (Å²) in [6.07, 6.45) is 1.32. The fraction of sp³-hybridized carbons (Fsp3) is 1.00. The molecule has 1 fully saturated rings. The molecule has 0 amide bonds. The zero-order valence-electron chi connectivity index (χ0n) is 14.7. The molecule has 0 N–H and O–H groups in total. The van der Waals surface area contributed by atoms with Gasteiger partial charge in [-0.25, -0.2) is 0 Å². The summed E-state index contributed by atoms with van der Waals surface area (Å²) in [6.45, 7) is 20.8. The molecule has 0 atom stereocenters. The summed E-state index contributed by atoms with van der Waals surface area (Å²) in [5.41, 5.74) is 3.28. The summed E-state index contributed by atoms with van der Waals surface area (Å²) in [4.78, 5) is 0. The van der Waals surface area contributed by atoms with Gasteiger partial charge >= 0.3 is 0 Å². The SMILES string of the molecule is CC(C)[Si]1(C(C)C)CCCO[Si]1(C(C)C)C(C)C.Cl.Cl. The van der Waals surface area contributed by atoms with E-state index in [0.717, 1.165) is 28.8 Å². The average molecular weight is 360 g/mol. The Labute approximate surface area is 141 Å². The molecule has 20 heavy (non-hydrogen) atoms. The minimum absolute atomic E-state index is 0. The van der Waals surface area contributed by atoms with E-state index in [-0.39, 0.29) is 24.8 Å². The van der Waals surface area contributed by atoms with Gasteiger partial charge in [-0.3, -0.25) is 0 Å². The first kappa shape index (κ1) is 23.2. The third-order valence-corrected chi connectivity index (χ3v) is 28.9. The summed E-state index contributed by atoms with van der Waals surface area (Å²) in [6, 6.07) is 1.52. The number of rotatable bonds is 4. The van der Waals surface area contributed by atoms with Crippen molar-refractivity contribution < 1.29 is 4.43 Å². The van der Waals surface area contributed by atoms with Crippen LogP contribution in [0.15, 0.2) is 0 Å². The van der Waals surface area contributed by atoms with Crippen molar-refractivity contribution in [3.05, 3.63) is 0 Å². The van der Waals surface area contributed by atoms with Gasteiger partial charge in [-0.15, -0.1) is 24.8 Å². The molecule has 5 heteroatoms. The second-order valence-electron chi connectivity index (χ2n) is 7.40. The van der Waals surface area contributed by atoms with Crippen molar-refractivity contribution in [2.45, 2.75) is 90.0 Å². The zero-order chi connectivity index (χ0) is 14.1. The lowest BCUT2D eigenvalue weighted by atomic mass is 10.5. The fourth-order valence-corrected chi connectivity index (χ4v) is 30.1. The van der Waals surface area contributed by atoms with Crippen LogP contribution in [0.1, 0.15) is 61.8 Å². The Balaban J connectivity index is 0. The van der Waals surface area contributed by atoms with E-state index in [1.165, 1.54) is 12.5 Å². The van der Waals surface area contributed by atoms with Crippen LogP contribution < -0.4 is 0 Å². The van der Waals surface area contributed by atoms with Gasteiger partial charge in [0.15, 0.2) is 7.83 Å². The van der Waals surface area contributed by atoms with Gasteiger partial charge in [0.2, 0.25) is 0 Å². The zero-order valence-corrected chi connectivity index (χ0v) is 18.3. The Hall–Kier alpha value is 0.974. The highest BCUT2D eigenvalue weighted by Gasteiger charge is 2.63. The van der Waals surface area contributed by atoms with Crippen LogP contribution in [0.2, 0.25) is 28.2 Å². The van der Waals surface area contributed by atoms with Crippen LogP contribution in [0.4, 0.5) is 0 Å². The Kier molecular flexibility index (Phi) is 9.95. The highest BCUT2D eigenvalue weighted by atomic mass is 35.5.